The molecule has 0 spiro atoms. The van der Waals surface area contributed by atoms with Crippen LogP contribution in [0.3, 0.4) is 0 Å². The molecule has 1 aromatic carbocycles. The van der Waals surface area contributed by atoms with Crippen LogP contribution in [0.25, 0.3) is 0 Å². The van der Waals surface area contributed by atoms with Gasteiger partial charge >= 0.3 is 0 Å². The second-order valence-electron chi connectivity index (χ2n) is 3.63. The van der Waals surface area contributed by atoms with Crippen molar-refractivity contribution >= 4 is 0 Å². The van der Waals surface area contributed by atoms with E-state index in [1.807, 2.05) is 42.5 Å². The van der Waals surface area contributed by atoms with E-state index >= 15 is 0 Å². The van der Waals surface area contributed by atoms with E-state index in [0.717, 1.165) is 12.0 Å². The predicted octanol–water partition coefficient (Wildman–Crippen LogP) is 3.22. The fourth-order valence-corrected chi connectivity index (χ4v) is 1.48. The summed E-state index contributed by atoms with van der Waals surface area (Å²) in [6.07, 6.45) is 2.80. The minimum atomic E-state index is 0.570. The lowest BCUT2D eigenvalue weighted by molar-refractivity contribution is 0.293. The maximum Gasteiger partial charge on any atom is 0.213 e. The van der Waals surface area contributed by atoms with Crippen molar-refractivity contribution in [2.45, 2.75) is 20.0 Å². The molecule has 1 aromatic heterocycles. The lowest BCUT2D eigenvalue weighted by atomic mass is 10.2. The molecule has 1 heterocycles. The standard InChI is InChI=1S/C14H15NO/c1-2-12-8-9-15-14(10-12)16-11-13-6-4-3-5-7-13/h3-10H,2,11H2,1H3. The molecule has 0 saturated heterocycles. The largest absolute Gasteiger partial charge is 0.473 e. The lowest BCUT2D eigenvalue weighted by Crippen LogP contribution is -1.97. The van der Waals surface area contributed by atoms with Crippen LogP contribution in [0, 0.1) is 0 Å². The highest BCUT2D eigenvalue weighted by Gasteiger charge is 1.97. The molecule has 0 radical (unpaired) electrons. The van der Waals surface area contributed by atoms with Crippen molar-refractivity contribution in [3.63, 3.8) is 0 Å². The molecule has 0 aliphatic carbocycles. The highest BCUT2D eigenvalue weighted by molar-refractivity contribution is 5.21. The third-order valence-corrected chi connectivity index (χ3v) is 2.44. The molecule has 2 heteroatoms. The third-order valence-electron chi connectivity index (χ3n) is 2.44. The topological polar surface area (TPSA) is 22.1 Å². The first-order valence-electron chi connectivity index (χ1n) is 5.50. The van der Waals surface area contributed by atoms with E-state index < -0.39 is 0 Å². The Morgan fingerprint density at radius 2 is 1.88 bits per heavy atom. The normalized spacial score (nSPS) is 10.1. The Bertz CT molecular complexity index is 439. The van der Waals surface area contributed by atoms with Crippen molar-refractivity contribution in [2.24, 2.45) is 0 Å². The Morgan fingerprint density at radius 3 is 2.62 bits per heavy atom. The van der Waals surface area contributed by atoms with Crippen LogP contribution in [0.4, 0.5) is 0 Å². The van der Waals surface area contributed by atoms with Gasteiger partial charge in [-0.25, -0.2) is 4.98 Å². The van der Waals surface area contributed by atoms with Crippen molar-refractivity contribution in [3.8, 4) is 5.88 Å². The van der Waals surface area contributed by atoms with Gasteiger partial charge in [-0.15, -0.1) is 0 Å². The molecule has 0 atom stereocenters. The van der Waals surface area contributed by atoms with Crippen molar-refractivity contribution in [1.29, 1.82) is 0 Å². The summed E-state index contributed by atoms with van der Waals surface area (Å²) in [6.45, 7) is 2.69. The summed E-state index contributed by atoms with van der Waals surface area (Å²) in [5.41, 5.74) is 2.41. The summed E-state index contributed by atoms with van der Waals surface area (Å²) in [5.74, 6) is 0.697. The van der Waals surface area contributed by atoms with E-state index in [1.165, 1.54) is 5.56 Å². The third kappa shape index (κ3) is 2.83. The molecule has 2 nitrogen and oxygen atoms in total. The van der Waals surface area contributed by atoms with Gasteiger partial charge in [0.1, 0.15) is 6.61 Å². The quantitative estimate of drug-likeness (QED) is 0.778. The van der Waals surface area contributed by atoms with Gasteiger partial charge in [-0.3, -0.25) is 0 Å². The number of aromatic nitrogens is 1. The smallest absolute Gasteiger partial charge is 0.213 e. The number of rotatable bonds is 4. The molecule has 0 saturated carbocycles. The first-order chi connectivity index (χ1) is 7.88. The molecule has 0 fully saturated rings. The van der Waals surface area contributed by atoms with Gasteiger partial charge < -0.3 is 4.74 Å². The predicted molar refractivity (Wildman–Crippen MR) is 64.4 cm³/mol. The van der Waals surface area contributed by atoms with E-state index in [1.54, 1.807) is 6.20 Å². The van der Waals surface area contributed by atoms with E-state index in [4.69, 9.17) is 4.74 Å². The minimum absolute atomic E-state index is 0.570. The average molecular weight is 213 g/mol. The minimum Gasteiger partial charge on any atom is -0.473 e. The summed E-state index contributed by atoms with van der Waals surface area (Å²) in [4.78, 5) is 4.18. The SMILES string of the molecule is CCc1ccnc(OCc2ccccc2)c1. The van der Waals surface area contributed by atoms with Crippen LogP contribution in [-0.4, -0.2) is 4.98 Å². The van der Waals surface area contributed by atoms with Gasteiger partial charge in [-0.1, -0.05) is 37.3 Å². The fraction of sp³-hybridized carbons (Fsp3) is 0.214. The highest BCUT2D eigenvalue weighted by Crippen LogP contribution is 2.11. The van der Waals surface area contributed by atoms with E-state index in [0.29, 0.717) is 12.5 Å². The zero-order chi connectivity index (χ0) is 11.2. The summed E-state index contributed by atoms with van der Waals surface area (Å²) in [7, 11) is 0. The van der Waals surface area contributed by atoms with Crippen LogP contribution < -0.4 is 4.74 Å². The van der Waals surface area contributed by atoms with E-state index in [9.17, 15) is 0 Å². The lowest BCUT2D eigenvalue weighted by Gasteiger charge is -2.06. The van der Waals surface area contributed by atoms with E-state index in [2.05, 4.69) is 11.9 Å². The average Bonchev–Trinajstić information content (AvgIpc) is 2.38. The van der Waals surface area contributed by atoms with Gasteiger partial charge in [-0.2, -0.15) is 0 Å². The highest BCUT2D eigenvalue weighted by atomic mass is 16.5. The number of benzene rings is 1. The molecule has 0 N–H and O–H groups in total. The van der Waals surface area contributed by atoms with Crippen LogP contribution >= 0.6 is 0 Å². The first kappa shape index (κ1) is 10.7. The van der Waals surface area contributed by atoms with Gasteiger partial charge in [0.2, 0.25) is 5.88 Å². The maximum absolute atomic E-state index is 5.62. The molecule has 0 amide bonds. The first-order valence-corrected chi connectivity index (χ1v) is 5.50. The summed E-state index contributed by atoms with van der Waals surface area (Å²) in [5, 5.41) is 0. The number of hydrogen-bond acceptors (Lipinski definition) is 2. The van der Waals surface area contributed by atoms with Gasteiger partial charge in [0.05, 0.1) is 0 Å². The summed E-state index contributed by atoms with van der Waals surface area (Å²) >= 11 is 0. The van der Waals surface area contributed by atoms with E-state index in [-0.39, 0.29) is 0 Å². The molecule has 2 aromatic rings. The Morgan fingerprint density at radius 1 is 1.06 bits per heavy atom. The van der Waals surface area contributed by atoms with Crippen LogP contribution in [-0.2, 0) is 13.0 Å². The molecule has 82 valence electrons. The molecule has 2 rings (SSSR count). The number of pyridine rings is 1. The van der Waals surface area contributed by atoms with Crippen molar-refractivity contribution in [3.05, 3.63) is 59.8 Å². The number of aryl methyl sites for hydroxylation is 1. The monoisotopic (exact) mass is 213 g/mol. The van der Waals surface area contributed by atoms with Crippen LogP contribution in [0.5, 0.6) is 5.88 Å². The van der Waals surface area contributed by atoms with Crippen LogP contribution in [0.1, 0.15) is 18.1 Å². The van der Waals surface area contributed by atoms with Crippen molar-refractivity contribution in [1.82, 2.24) is 4.98 Å². The molecular formula is C14H15NO. The second-order valence-corrected chi connectivity index (χ2v) is 3.63. The Kier molecular flexibility index (Phi) is 3.54. The van der Waals surface area contributed by atoms with Gasteiger partial charge in [0.25, 0.3) is 0 Å². The van der Waals surface area contributed by atoms with Crippen molar-refractivity contribution in [2.75, 3.05) is 0 Å². The molecular weight excluding hydrogens is 198 g/mol. The Hall–Kier alpha value is -1.83. The molecule has 0 aliphatic rings. The second kappa shape index (κ2) is 5.31. The van der Waals surface area contributed by atoms with Gasteiger partial charge in [0, 0.05) is 12.3 Å². The fourth-order valence-electron chi connectivity index (χ4n) is 1.48. The Labute approximate surface area is 95.9 Å². The zero-order valence-electron chi connectivity index (χ0n) is 9.39. The summed E-state index contributed by atoms with van der Waals surface area (Å²) in [6, 6.07) is 14.1. The van der Waals surface area contributed by atoms with Crippen molar-refractivity contribution < 1.29 is 4.74 Å². The molecule has 0 aliphatic heterocycles. The van der Waals surface area contributed by atoms with Crippen LogP contribution in [0.2, 0.25) is 0 Å². The molecule has 16 heavy (non-hydrogen) atoms. The number of hydrogen-bond donors (Lipinski definition) is 0. The molecule has 0 unspecified atom stereocenters. The zero-order valence-corrected chi connectivity index (χ0v) is 9.39. The maximum atomic E-state index is 5.62. The summed E-state index contributed by atoms with van der Waals surface area (Å²) < 4.78 is 5.62. The van der Waals surface area contributed by atoms with Gasteiger partial charge in [0.15, 0.2) is 0 Å². The van der Waals surface area contributed by atoms with Gasteiger partial charge in [-0.05, 0) is 23.6 Å². The Balaban J connectivity index is 1.99. The molecule has 0 bridgehead atoms. The number of nitrogens with zero attached hydrogens (tertiary/aromatic N) is 1. The van der Waals surface area contributed by atoms with Crippen LogP contribution in [0.15, 0.2) is 48.7 Å². The number of ether oxygens (including phenoxy) is 1.